The average molecular weight is 261 g/mol. The van der Waals surface area contributed by atoms with Gasteiger partial charge in [-0.1, -0.05) is 23.7 Å². The average Bonchev–Trinajstić information content (AvgIpc) is 2.66. The van der Waals surface area contributed by atoms with Crippen LogP contribution in [0.2, 0.25) is 5.02 Å². The molecule has 1 N–H and O–H groups in total. The van der Waals surface area contributed by atoms with Gasteiger partial charge >= 0.3 is 0 Å². The summed E-state index contributed by atoms with van der Waals surface area (Å²) in [7, 11) is -3.39. The van der Waals surface area contributed by atoms with Crippen LogP contribution in [0.4, 0.5) is 0 Å². The molecule has 88 valence electrons. The smallest absolute Gasteiger partial charge is 0.182 e. The third-order valence-corrected chi connectivity index (χ3v) is 5.66. The van der Waals surface area contributed by atoms with E-state index < -0.39 is 21.2 Å². The van der Waals surface area contributed by atoms with Gasteiger partial charge < -0.3 is 5.11 Å². The molecule has 1 aliphatic carbocycles. The molecule has 0 amide bonds. The molecule has 0 heterocycles. The van der Waals surface area contributed by atoms with Gasteiger partial charge in [0, 0.05) is 0 Å². The zero-order chi connectivity index (χ0) is 11.8. The molecule has 16 heavy (non-hydrogen) atoms. The highest BCUT2D eigenvalue weighted by Gasteiger charge is 2.35. The minimum Gasteiger partial charge on any atom is -0.393 e. The highest BCUT2D eigenvalue weighted by atomic mass is 35.5. The maximum atomic E-state index is 12.2. The predicted molar refractivity (Wildman–Crippen MR) is 62.3 cm³/mol. The van der Waals surface area contributed by atoms with Crippen LogP contribution in [0.1, 0.15) is 19.3 Å². The highest BCUT2D eigenvalue weighted by Crippen LogP contribution is 2.32. The SMILES string of the molecule is O=S(=O)(c1ccccc1Cl)C1CCC(O)C1. The van der Waals surface area contributed by atoms with Gasteiger partial charge in [-0.15, -0.1) is 0 Å². The minimum absolute atomic E-state index is 0.177. The van der Waals surface area contributed by atoms with Crippen molar-refractivity contribution in [1.82, 2.24) is 0 Å². The lowest BCUT2D eigenvalue weighted by atomic mass is 10.3. The number of sulfone groups is 1. The Kier molecular flexibility index (Phi) is 3.24. The first-order valence-corrected chi connectivity index (χ1v) is 7.10. The Labute approximate surface area is 100.0 Å². The molecule has 0 radical (unpaired) electrons. The largest absolute Gasteiger partial charge is 0.393 e. The number of rotatable bonds is 2. The predicted octanol–water partition coefficient (Wildman–Crippen LogP) is 2.03. The van der Waals surface area contributed by atoms with Crippen molar-refractivity contribution in [2.75, 3.05) is 0 Å². The molecule has 0 aromatic heterocycles. The molecule has 0 saturated heterocycles. The maximum Gasteiger partial charge on any atom is 0.182 e. The third kappa shape index (κ3) is 2.10. The van der Waals surface area contributed by atoms with Crippen molar-refractivity contribution < 1.29 is 13.5 Å². The second-order valence-corrected chi connectivity index (χ2v) is 6.67. The maximum absolute atomic E-state index is 12.2. The van der Waals surface area contributed by atoms with Crippen molar-refractivity contribution in [3.05, 3.63) is 29.3 Å². The Morgan fingerprint density at radius 1 is 1.25 bits per heavy atom. The molecule has 0 bridgehead atoms. The van der Waals surface area contributed by atoms with Crippen LogP contribution in [0.5, 0.6) is 0 Å². The van der Waals surface area contributed by atoms with Crippen LogP contribution in [0.3, 0.4) is 0 Å². The van der Waals surface area contributed by atoms with Crippen LogP contribution in [0.25, 0.3) is 0 Å². The lowest BCUT2D eigenvalue weighted by molar-refractivity contribution is 0.183. The Balaban J connectivity index is 2.36. The van der Waals surface area contributed by atoms with Crippen LogP contribution in [-0.4, -0.2) is 24.9 Å². The van der Waals surface area contributed by atoms with Crippen molar-refractivity contribution in [2.45, 2.75) is 35.5 Å². The highest BCUT2D eigenvalue weighted by molar-refractivity contribution is 7.92. The second kappa shape index (κ2) is 4.35. The van der Waals surface area contributed by atoms with Crippen LogP contribution in [-0.2, 0) is 9.84 Å². The molecular formula is C11H13ClO3S. The normalized spacial score (nSPS) is 25.9. The molecule has 2 unspecified atom stereocenters. The zero-order valence-corrected chi connectivity index (χ0v) is 10.2. The molecule has 1 saturated carbocycles. The molecule has 2 atom stereocenters. The van der Waals surface area contributed by atoms with Gasteiger partial charge in [0.1, 0.15) is 0 Å². The van der Waals surface area contributed by atoms with E-state index in [0.717, 1.165) is 0 Å². The van der Waals surface area contributed by atoms with Crippen LogP contribution >= 0.6 is 11.6 Å². The Bertz CT molecular complexity index is 484. The summed E-state index contributed by atoms with van der Waals surface area (Å²) in [5.74, 6) is 0. The van der Waals surface area contributed by atoms with Crippen LogP contribution in [0, 0.1) is 0 Å². The van der Waals surface area contributed by atoms with Gasteiger partial charge in [-0.2, -0.15) is 0 Å². The lowest BCUT2D eigenvalue weighted by Gasteiger charge is -2.12. The van der Waals surface area contributed by atoms with E-state index in [9.17, 15) is 13.5 Å². The van der Waals surface area contributed by atoms with E-state index in [0.29, 0.717) is 19.3 Å². The zero-order valence-electron chi connectivity index (χ0n) is 8.64. The number of aliphatic hydroxyl groups is 1. The fourth-order valence-corrected chi connectivity index (χ4v) is 4.40. The quantitative estimate of drug-likeness (QED) is 0.885. The summed E-state index contributed by atoms with van der Waals surface area (Å²) in [5.41, 5.74) is 0. The lowest BCUT2D eigenvalue weighted by Crippen LogP contribution is -2.19. The molecule has 3 nitrogen and oxygen atoms in total. The van der Waals surface area contributed by atoms with Gasteiger partial charge in [-0.05, 0) is 31.4 Å². The number of aliphatic hydroxyl groups excluding tert-OH is 1. The minimum atomic E-state index is -3.39. The molecular weight excluding hydrogens is 248 g/mol. The summed E-state index contributed by atoms with van der Waals surface area (Å²) >= 11 is 5.88. The van der Waals surface area contributed by atoms with Crippen molar-refractivity contribution in [2.24, 2.45) is 0 Å². The summed E-state index contributed by atoms with van der Waals surface area (Å²) in [4.78, 5) is 0.177. The molecule has 1 aliphatic rings. The molecule has 5 heteroatoms. The van der Waals surface area contributed by atoms with E-state index in [1.54, 1.807) is 18.2 Å². The van der Waals surface area contributed by atoms with E-state index >= 15 is 0 Å². The molecule has 1 aromatic rings. The summed E-state index contributed by atoms with van der Waals surface area (Å²) in [6, 6.07) is 6.44. The fourth-order valence-electron chi connectivity index (χ4n) is 2.05. The van der Waals surface area contributed by atoms with Gasteiger partial charge in [0.15, 0.2) is 9.84 Å². The van der Waals surface area contributed by atoms with Crippen molar-refractivity contribution in [3.8, 4) is 0 Å². The summed E-state index contributed by atoms with van der Waals surface area (Å²) in [5, 5.41) is 9.14. The summed E-state index contributed by atoms with van der Waals surface area (Å²) in [6.45, 7) is 0. The number of benzene rings is 1. The first kappa shape index (κ1) is 11.9. The molecule has 1 aromatic carbocycles. The molecule has 0 spiro atoms. The Morgan fingerprint density at radius 3 is 2.50 bits per heavy atom. The first-order chi connectivity index (χ1) is 7.51. The molecule has 2 rings (SSSR count). The van der Waals surface area contributed by atoms with Gasteiger partial charge in [0.2, 0.25) is 0 Å². The Hall–Kier alpha value is -0.580. The fraction of sp³-hybridized carbons (Fsp3) is 0.455. The summed E-state index contributed by atoms with van der Waals surface area (Å²) < 4.78 is 24.4. The standard InChI is InChI=1S/C11H13ClO3S/c12-10-3-1-2-4-11(10)16(14,15)9-6-5-8(13)7-9/h1-4,8-9,13H,5-7H2. The van der Waals surface area contributed by atoms with Gasteiger partial charge in [0.05, 0.1) is 21.3 Å². The third-order valence-electron chi connectivity index (χ3n) is 2.94. The summed E-state index contributed by atoms with van der Waals surface area (Å²) in [6.07, 6.45) is 0.874. The van der Waals surface area contributed by atoms with E-state index in [1.807, 2.05) is 0 Å². The van der Waals surface area contributed by atoms with Crippen LogP contribution in [0.15, 0.2) is 29.2 Å². The number of hydrogen-bond acceptors (Lipinski definition) is 3. The molecule has 1 fully saturated rings. The number of hydrogen-bond donors (Lipinski definition) is 1. The van der Waals surface area contributed by atoms with E-state index in [4.69, 9.17) is 11.6 Å². The topological polar surface area (TPSA) is 54.4 Å². The van der Waals surface area contributed by atoms with E-state index in [-0.39, 0.29) is 9.92 Å². The van der Waals surface area contributed by atoms with Gasteiger partial charge in [-0.3, -0.25) is 0 Å². The van der Waals surface area contributed by atoms with E-state index in [1.165, 1.54) is 6.07 Å². The van der Waals surface area contributed by atoms with Gasteiger partial charge in [-0.25, -0.2) is 8.42 Å². The van der Waals surface area contributed by atoms with Crippen LogP contribution < -0.4 is 0 Å². The van der Waals surface area contributed by atoms with Crippen molar-refractivity contribution in [1.29, 1.82) is 0 Å². The van der Waals surface area contributed by atoms with E-state index in [2.05, 4.69) is 0 Å². The first-order valence-electron chi connectivity index (χ1n) is 5.18. The number of halogens is 1. The molecule has 0 aliphatic heterocycles. The Morgan fingerprint density at radius 2 is 1.94 bits per heavy atom. The van der Waals surface area contributed by atoms with Crippen molar-refractivity contribution in [3.63, 3.8) is 0 Å². The van der Waals surface area contributed by atoms with Gasteiger partial charge in [0.25, 0.3) is 0 Å². The van der Waals surface area contributed by atoms with Crippen molar-refractivity contribution >= 4 is 21.4 Å². The monoisotopic (exact) mass is 260 g/mol. The second-order valence-electron chi connectivity index (χ2n) is 4.06.